The first-order valence-electron chi connectivity index (χ1n) is 8.46. The first-order valence-corrected chi connectivity index (χ1v) is 8.46. The van der Waals surface area contributed by atoms with Crippen LogP contribution in [0.1, 0.15) is 12.8 Å². The molecule has 0 spiro atoms. The van der Waals surface area contributed by atoms with Gasteiger partial charge in [0.15, 0.2) is 0 Å². The van der Waals surface area contributed by atoms with Crippen LogP contribution in [-0.4, -0.2) is 68.0 Å². The molecule has 0 aromatic rings. The molecule has 2 aliphatic carbocycles. The second-order valence-corrected chi connectivity index (χ2v) is 7.31. The minimum Gasteiger partial charge on any atom is -0.379 e. The maximum atomic E-state index is 12.6. The van der Waals surface area contributed by atoms with Crippen LogP contribution >= 0.6 is 0 Å². The minimum absolute atomic E-state index is 0.0116. The average Bonchev–Trinajstić information content (AvgIpc) is 3.10. The summed E-state index contributed by atoms with van der Waals surface area (Å²) in [5.74, 6) is 0.417. The number of nitrogens with zero attached hydrogens (tertiary/aromatic N) is 2. The Kier molecular flexibility index (Phi) is 3.82. The van der Waals surface area contributed by atoms with Gasteiger partial charge in [-0.1, -0.05) is 18.2 Å². The number of rotatable bonds is 3. The summed E-state index contributed by atoms with van der Waals surface area (Å²) >= 11 is 0. The van der Waals surface area contributed by atoms with Gasteiger partial charge in [0.1, 0.15) is 0 Å². The molecule has 0 N–H and O–H groups in total. The van der Waals surface area contributed by atoms with Gasteiger partial charge in [-0.15, -0.1) is 0 Å². The molecule has 2 aliphatic heterocycles. The summed E-state index contributed by atoms with van der Waals surface area (Å²) in [5, 5.41) is 0. The normalized spacial score (nSPS) is 38.5. The van der Waals surface area contributed by atoms with Crippen molar-refractivity contribution in [1.29, 1.82) is 0 Å². The van der Waals surface area contributed by atoms with Crippen molar-refractivity contribution in [3.05, 3.63) is 23.8 Å². The summed E-state index contributed by atoms with van der Waals surface area (Å²) in [6.07, 6.45) is 4.64. The number of morpholine rings is 1. The van der Waals surface area contributed by atoms with E-state index in [0.29, 0.717) is 25.0 Å². The van der Waals surface area contributed by atoms with E-state index in [2.05, 4.69) is 23.1 Å². The Morgan fingerprint density at radius 2 is 2.04 bits per heavy atom. The lowest BCUT2D eigenvalue weighted by molar-refractivity contribution is -0.144. The van der Waals surface area contributed by atoms with Gasteiger partial charge in [0, 0.05) is 37.6 Å². The van der Waals surface area contributed by atoms with E-state index < -0.39 is 12.7 Å². The molecule has 23 heavy (non-hydrogen) atoms. The number of ether oxygens (including phenoxy) is 1. The first-order chi connectivity index (χ1) is 11.0. The molecule has 2 heterocycles. The molecule has 4 rings (SSSR count). The quantitative estimate of drug-likeness (QED) is 0.791. The second-order valence-electron chi connectivity index (χ2n) is 7.31. The Hall–Kier alpha value is -0.850. The van der Waals surface area contributed by atoms with Gasteiger partial charge in [-0.25, -0.2) is 0 Å². The molecule has 6 heteroatoms. The first kappa shape index (κ1) is 15.7. The molecule has 1 saturated carbocycles. The van der Waals surface area contributed by atoms with Crippen LogP contribution < -0.4 is 0 Å². The Balaban J connectivity index is 1.37. The molecule has 3 unspecified atom stereocenters. The molecule has 3 nitrogen and oxygen atoms in total. The minimum atomic E-state index is -4.09. The van der Waals surface area contributed by atoms with Gasteiger partial charge in [0.25, 0.3) is 0 Å². The van der Waals surface area contributed by atoms with Crippen molar-refractivity contribution in [2.45, 2.75) is 25.1 Å². The van der Waals surface area contributed by atoms with Gasteiger partial charge < -0.3 is 4.74 Å². The second kappa shape index (κ2) is 5.60. The fourth-order valence-electron chi connectivity index (χ4n) is 4.57. The smallest absolute Gasteiger partial charge is 0.379 e. The zero-order valence-electron chi connectivity index (χ0n) is 13.2. The summed E-state index contributed by atoms with van der Waals surface area (Å²) in [6.45, 7) is 3.90. The van der Waals surface area contributed by atoms with Gasteiger partial charge in [-0.3, -0.25) is 9.80 Å². The van der Waals surface area contributed by atoms with Crippen LogP contribution in [0.5, 0.6) is 0 Å². The van der Waals surface area contributed by atoms with Gasteiger partial charge >= 0.3 is 6.18 Å². The zero-order valence-corrected chi connectivity index (χ0v) is 13.2. The SMILES string of the molecule is FC(F)(F)CN1CC2CC2(C2=CCC(N3CCOCC3)C=C2)C1. The molecule has 2 saturated heterocycles. The number of likely N-dealkylation sites (tertiary alicyclic amines) is 1. The fourth-order valence-corrected chi connectivity index (χ4v) is 4.57. The lowest BCUT2D eigenvalue weighted by Crippen LogP contribution is -2.43. The van der Waals surface area contributed by atoms with Crippen LogP contribution in [0.15, 0.2) is 23.8 Å². The molecular weight excluding hydrogens is 305 g/mol. The highest BCUT2D eigenvalue weighted by Crippen LogP contribution is 2.63. The summed E-state index contributed by atoms with van der Waals surface area (Å²) in [7, 11) is 0. The van der Waals surface area contributed by atoms with Crippen LogP contribution in [0.3, 0.4) is 0 Å². The Morgan fingerprint density at radius 1 is 1.26 bits per heavy atom. The Morgan fingerprint density at radius 3 is 2.70 bits per heavy atom. The number of fused-ring (bicyclic) bond motifs is 1. The highest BCUT2D eigenvalue weighted by molar-refractivity contribution is 5.40. The van der Waals surface area contributed by atoms with Gasteiger partial charge in [0.05, 0.1) is 19.8 Å². The number of hydrogen-bond acceptors (Lipinski definition) is 3. The molecule has 0 radical (unpaired) electrons. The summed E-state index contributed by atoms with van der Waals surface area (Å²) < 4.78 is 43.2. The number of hydrogen-bond donors (Lipinski definition) is 0. The monoisotopic (exact) mass is 328 g/mol. The maximum Gasteiger partial charge on any atom is 0.401 e. The third-order valence-corrected chi connectivity index (χ3v) is 5.79. The summed E-state index contributed by atoms with van der Waals surface area (Å²) in [5.41, 5.74) is 1.29. The maximum absolute atomic E-state index is 12.6. The lowest BCUT2D eigenvalue weighted by atomic mass is 9.88. The van der Waals surface area contributed by atoms with E-state index in [9.17, 15) is 13.2 Å². The standard InChI is InChI=1S/C17H23F3N2O/c18-17(19,20)12-21-10-14-9-16(14,11-21)13-1-3-15(4-2-13)22-5-7-23-8-6-22/h1-3,14-15H,4-12H2. The molecule has 0 aromatic carbocycles. The molecular formula is C17H23F3N2O. The van der Waals surface area contributed by atoms with Crippen LogP contribution in [-0.2, 0) is 4.74 Å². The van der Waals surface area contributed by atoms with Crippen molar-refractivity contribution in [3.63, 3.8) is 0 Å². The van der Waals surface area contributed by atoms with Crippen molar-refractivity contribution in [2.75, 3.05) is 45.9 Å². The third kappa shape index (κ3) is 3.08. The molecule has 0 amide bonds. The predicted molar refractivity (Wildman–Crippen MR) is 81.1 cm³/mol. The van der Waals surface area contributed by atoms with Crippen LogP contribution in [0.4, 0.5) is 13.2 Å². The Labute approximate surface area is 134 Å². The largest absolute Gasteiger partial charge is 0.401 e. The van der Waals surface area contributed by atoms with E-state index in [1.165, 1.54) is 5.57 Å². The van der Waals surface area contributed by atoms with Crippen molar-refractivity contribution >= 4 is 0 Å². The predicted octanol–water partition coefficient (Wildman–Crippen LogP) is 2.46. The molecule has 3 fully saturated rings. The molecule has 3 atom stereocenters. The summed E-state index contributed by atoms with van der Waals surface area (Å²) in [4.78, 5) is 4.01. The molecule has 0 bridgehead atoms. The van der Waals surface area contributed by atoms with Gasteiger partial charge in [-0.2, -0.15) is 13.2 Å². The van der Waals surface area contributed by atoms with Crippen molar-refractivity contribution < 1.29 is 17.9 Å². The fraction of sp³-hybridized carbons (Fsp3) is 0.765. The molecule has 0 aromatic heterocycles. The number of piperidine rings is 1. The third-order valence-electron chi connectivity index (χ3n) is 5.79. The van der Waals surface area contributed by atoms with E-state index in [-0.39, 0.29) is 5.41 Å². The summed E-state index contributed by atoms with van der Waals surface area (Å²) in [6, 6.07) is 0.420. The van der Waals surface area contributed by atoms with Crippen LogP contribution in [0.25, 0.3) is 0 Å². The highest BCUT2D eigenvalue weighted by atomic mass is 19.4. The number of alkyl halides is 3. The molecule has 4 aliphatic rings. The van der Waals surface area contributed by atoms with E-state index in [1.54, 1.807) is 4.90 Å². The number of allylic oxidation sites excluding steroid dienone is 1. The zero-order chi connectivity index (χ0) is 16.1. The van der Waals surface area contributed by atoms with Crippen LogP contribution in [0.2, 0.25) is 0 Å². The van der Waals surface area contributed by atoms with Crippen molar-refractivity contribution in [2.24, 2.45) is 11.3 Å². The number of halogens is 3. The van der Waals surface area contributed by atoms with Gasteiger partial charge in [-0.05, 0) is 24.3 Å². The lowest BCUT2D eigenvalue weighted by Gasteiger charge is -2.34. The van der Waals surface area contributed by atoms with E-state index in [1.807, 2.05) is 0 Å². The van der Waals surface area contributed by atoms with Crippen molar-refractivity contribution in [1.82, 2.24) is 9.80 Å². The van der Waals surface area contributed by atoms with Gasteiger partial charge in [0.2, 0.25) is 0 Å². The van der Waals surface area contributed by atoms with Crippen LogP contribution in [0, 0.1) is 11.3 Å². The Bertz CT molecular complexity index is 524. The topological polar surface area (TPSA) is 15.7 Å². The molecule has 128 valence electrons. The van der Waals surface area contributed by atoms with E-state index in [4.69, 9.17) is 4.74 Å². The van der Waals surface area contributed by atoms with Crippen molar-refractivity contribution in [3.8, 4) is 0 Å². The van der Waals surface area contributed by atoms with E-state index in [0.717, 1.165) is 39.1 Å². The van der Waals surface area contributed by atoms with E-state index >= 15 is 0 Å². The average molecular weight is 328 g/mol. The highest BCUT2D eigenvalue weighted by Gasteiger charge is 2.62.